The number of benzene rings is 2. The molecule has 0 bridgehead atoms. The van der Waals surface area contributed by atoms with Crippen molar-refractivity contribution in [2.75, 3.05) is 5.32 Å². The van der Waals surface area contributed by atoms with E-state index in [-0.39, 0.29) is 11.0 Å². The van der Waals surface area contributed by atoms with Gasteiger partial charge in [-0.2, -0.15) is 0 Å². The van der Waals surface area contributed by atoms with Crippen molar-refractivity contribution in [3.05, 3.63) is 84.1 Å². The number of thiocarbonyl (C=S) groups is 1. The van der Waals surface area contributed by atoms with E-state index in [1.165, 1.54) is 11.6 Å². The molecule has 3 aromatic rings. The largest absolute Gasteiger partial charge is 0.457 e. The lowest BCUT2D eigenvalue weighted by Crippen LogP contribution is -2.33. The second-order valence-electron chi connectivity index (χ2n) is 6.74. The van der Waals surface area contributed by atoms with E-state index >= 15 is 0 Å². The zero-order valence-electron chi connectivity index (χ0n) is 16.5. The molecular formula is C24H24N2O2S. The summed E-state index contributed by atoms with van der Waals surface area (Å²) in [6.07, 6.45) is 4.05. The summed E-state index contributed by atoms with van der Waals surface area (Å²) in [6, 6.07) is 21.5. The lowest BCUT2D eigenvalue weighted by molar-refractivity contribution is -0.115. The van der Waals surface area contributed by atoms with Crippen LogP contribution in [0.1, 0.15) is 37.5 Å². The van der Waals surface area contributed by atoms with Crippen molar-refractivity contribution >= 4 is 35.0 Å². The van der Waals surface area contributed by atoms with Crippen LogP contribution in [-0.2, 0) is 4.79 Å². The smallest absolute Gasteiger partial charge is 0.250 e. The second kappa shape index (κ2) is 9.85. The van der Waals surface area contributed by atoms with Gasteiger partial charge in [0, 0.05) is 17.3 Å². The first-order valence-corrected chi connectivity index (χ1v) is 10.0. The van der Waals surface area contributed by atoms with E-state index in [1.54, 1.807) is 6.08 Å². The van der Waals surface area contributed by atoms with E-state index in [0.717, 1.165) is 23.4 Å². The summed E-state index contributed by atoms with van der Waals surface area (Å²) in [4.78, 5) is 12.2. The topological polar surface area (TPSA) is 54.3 Å². The van der Waals surface area contributed by atoms with Crippen molar-refractivity contribution in [3.8, 4) is 11.3 Å². The molecule has 0 aliphatic rings. The molecule has 0 saturated carbocycles. The first-order valence-electron chi connectivity index (χ1n) is 9.61. The van der Waals surface area contributed by atoms with Crippen molar-refractivity contribution in [2.24, 2.45) is 0 Å². The number of rotatable bonds is 6. The zero-order chi connectivity index (χ0) is 20.6. The second-order valence-corrected chi connectivity index (χ2v) is 7.15. The highest BCUT2D eigenvalue weighted by Crippen LogP contribution is 2.26. The normalized spacial score (nSPS) is 11.9. The fourth-order valence-electron chi connectivity index (χ4n) is 2.93. The molecule has 0 fully saturated rings. The van der Waals surface area contributed by atoms with Crippen molar-refractivity contribution < 1.29 is 9.21 Å². The van der Waals surface area contributed by atoms with Crippen LogP contribution in [0.25, 0.3) is 17.4 Å². The van der Waals surface area contributed by atoms with Gasteiger partial charge in [0.1, 0.15) is 11.5 Å². The van der Waals surface area contributed by atoms with E-state index in [9.17, 15) is 4.79 Å². The molecule has 3 rings (SSSR count). The van der Waals surface area contributed by atoms with Crippen molar-refractivity contribution in [1.29, 1.82) is 0 Å². The van der Waals surface area contributed by atoms with Crippen LogP contribution in [0.3, 0.4) is 0 Å². The van der Waals surface area contributed by atoms with Crippen LogP contribution in [0.15, 0.2) is 77.2 Å². The number of anilines is 1. The Balaban J connectivity index is 1.59. The Morgan fingerprint density at radius 1 is 1.07 bits per heavy atom. The summed E-state index contributed by atoms with van der Waals surface area (Å²) in [5.41, 5.74) is 3.07. The minimum atomic E-state index is -0.318. The summed E-state index contributed by atoms with van der Waals surface area (Å²) < 4.78 is 5.76. The van der Waals surface area contributed by atoms with Gasteiger partial charge in [-0.15, -0.1) is 0 Å². The number of nitrogens with one attached hydrogen (secondary N) is 2. The van der Waals surface area contributed by atoms with Gasteiger partial charge in [-0.1, -0.05) is 62.4 Å². The lowest BCUT2D eigenvalue weighted by Gasteiger charge is -2.16. The average molecular weight is 405 g/mol. The van der Waals surface area contributed by atoms with Crippen LogP contribution >= 0.6 is 12.2 Å². The minimum Gasteiger partial charge on any atom is -0.457 e. The van der Waals surface area contributed by atoms with Crippen molar-refractivity contribution in [1.82, 2.24) is 5.32 Å². The van der Waals surface area contributed by atoms with Gasteiger partial charge in [0.2, 0.25) is 5.91 Å². The Morgan fingerprint density at radius 2 is 1.79 bits per heavy atom. The number of carbonyl (C=O) groups excluding carboxylic acids is 1. The van der Waals surface area contributed by atoms with Gasteiger partial charge in [-0.25, -0.2) is 0 Å². The Kier molecular flexibility index (Phi) is 6.98. The fourth-order valence-corrected chi connectivity index (χ4v) is 3.14. The molecule has 0 spiro atoms. The number of hydrogen-bond acceptors (Lipinski definition) is 3. The molecule has 2 N–H and O–H groups in total. The van der Waals surface area contributed by atoms with Crippen LogP contribution in [0, 0.1) is 0 Å². The fraction of sp³-hybridized carbons (Fsp3) is 0.167. The van der Waals surface area contributed by atoms with Gasteiger partial charge in [0.05, 0.1) is 0 Å². The summed E-state index contributed by atoms with van der Waals surface area (Å²) >= 11 is 5.29. The van der Waals surface area contributed by atoms with Crippen LogP contribution in [-0.4, -0.2) is 11.0 Å². The Morgan fingerprint density at radius 3 is 2.55 bits per heavy atom. The molecule has 0 aliphatic heterocycles. The molecule has 4 nitrogen and oxygen atoms in total. The van der Waals surface area contributed by atoms with Crippen LogP contribution in [0.5, 0.6) is 0 Å². The molecule has 0 aliphatic carbocycles. The monoisotopic (exact) mass is 404 g/mol. The zero-order valence-corrected chi connectivity index (χ0v) is 17.3. The highest BCUT2D eigenvalue weighted by molar-refractivity contribution is 7.80. The van der Waals surface area contributed by atoms with E-state index < -0.39 is 0 Å². The molecule has 5 heteroatoms. The van der Waals surface area contributed by atoms with Gasteiger partial charge < -0.3 is 9.73 Å². The van der Waals surface area contributed by atoms with E-state index in [2.05, 4.69) is 30.5 Å². The van der Waals surface area contributed by atoms with Gasteiger partial charge in [0.15, 0.2) is 5.11 Å². The number of amides is 1. The van der Waals surface area contributed by atoms with Crippen molar-refractivity contribution in [2.45, 2.75) is 26.2 Å². The third-order valence-electron chi connectivity index (χ3n) is 4.67. The summed E-state index contributed by atoms with van der Waals surface area (Å²) in [7, 11) is 0. The molecule has 0 unspecified atom stereocenters. The van der Waals surface area contributed by atoms with Crippen LogP contribution < -0.4 is 10.6 Å². The molecule has 2 aromatic carbocycles. The molecule has 1 atom stereocenters. The molecule has 1 heterocycles. The third-order valence-corrected chi connectivity index (χ3v) is 4.88. The van der Waals surface area contributed by atoms with E-state index in [0.29, 0.717) is 11.7 Å². The Bertz CT molecular complexity index is 1010. The highest BCUT2D eigenvalue weighted by Gasteiger charge is 2.10. The molecule has 1 amide bonds. The first kappa shape index (κ1) is 20.6. The summed E-state index contributed by atoms with van der Waals surface area (Å²) in [6.45, 7) is 4.31. The number of para-hydroxylation sites is 1. The van der Waals surface area contributed by atoms with Gasteiger partial charge in [-0.3, -0.25) is 10.1 Å². The number of hydrogen-bond donors (Lipinski definition) is 2. The third kappa shape index (κ3) is 5.65. The van der Waals surface area contributed by atoms with E-state index in [1.807, 2.05) is 60.7 Å². The molecule has 1 aromatic heterocycles. The highest BCUT2D eigenvalue weighted by atomic mass is 32.1. The summed E-state index contributed by atoms with van der Waals surface area (Å²) in [5, 5.41) is 6.06. The van der Waals surface area contributed by atoms with Crippen molar-refractivity contribution in [3.63, 3.8) is 0 Å². The number of furan rings is 1. The predicted octanol–water partition coefficient (Wildman–Crippen LogP) is 5.99. The molecule has 148 valence electrons. The molecular weight excluding hydrogens is 380 g/mol. The Labute approximate surface area is 176 Å². The van der Waals surface area contributed by atoms with Gasteiger partial charge >= 0.3 is 0 Å². The molecule has 0 radical (unpaired) electrons. The summed E-state index contributed by atoms with van der Waals surface area (Å²) in [5.74, 6) is 1.43. The SMILES string of the molecule is CC[C@H](C)c1ccccc1NC(=S)NC(=O)/C=C/c1ccc(-c2ccccc2)o1. The minimum absolute atomic E-state index is 0.264. The maximum Gasteiger partial charge on any atom is 0.250 e. The quantitative estimate of drug-likeness (QED) is 0.392. The maximum absolute atomic E-state index is 12.2. The van der Waals surface area contributed by atoms with Gasteiger partial charge in [-0.05, 0) is 54.4 Å². The average Bonchev–Trinajstić information content (AvgIpc) is 3.22. The predicted molar refractivity (Wildman–Crippen MR) is 123 cm³/mol. The maximum atomic E-state index is 12.2. The Hall–Kier alpha value is -3.18. The van der Waals surface area contributed by atoms with Crippen LogP contribution in [0.2, 0.25) is 0 Å². The molecule has 29 heavy (non-hydrogen) atoms. The van der Waals surface area contributed by atoms with Crippen LogP contribution in [0.4, 0.5) is 5.69 Å². The molecule has 0 saturated heterocycles. The standard InChI is InChI=1S/C24H24N2O2S/c1-3-17(2)20-11-7-8-12-21(20)25-24(29)26-23(27)16-14-19-13-15-22(28-19)18-9-5-4-6-10-18/h4-17H,3H2,1-2H3,(H2,25,26,27,29)/b16-14+/t17-/m0/s1. The first-order chi connectivity index (χ1) is 14.1. The van der Waals surface area contributed by atoms with E-state index in [4.69, 9.17) is 16.6 Å². The van der Waals surface area contributed by atoms with Gasteiger partial charge in [0.25, 0.3) is 0 Å². The number of carbonyl (C=O) groups is 1. The lowest BCUT2D eigenvalue weighted by atomic mass is 9.97.